The van der Waals surface area contributed by atoms with E-state index >= 15 is 0 Å². The van der Waals surface area contributed by atoms with Crippen LogP contribution in [-0.4, -0.2) is 9.96 Å². The summed E-state index contributed by atoms with van der Waals surface area (Å²) in [5, 5.41) is 13.5. The Labute approximate surface area is 56.4 Å². The van der Waals surface area contributed by atoms with Crippen LogP contribution in [0.5, 0.6) is 0 Å². The Hall–Kier alpha value is -0.400. The second-order valence-corrected chi connectivity index (χ2v) is 3.47. The highest BCUT2D eigenvalue weighted by Crippen LogP contribution is 2.44. The third-order valence-electron chi connectivity index (χ3n) is 1.51. The van der Waals surface area contributed by atoms with Crippen molar-refractivity contribution in [2.75, 3.05) is 5.75 Å². The third-order valence-corrected chi connectivity index (χ3v) is 2.35. The van der Waals surface area contributed by atoms with Crippen molar-refractivity contribution >= 4 is 11.0 Å². The fourth-order valence-electron chi connectivity index (χ4n) is 0.712. The maximum Gasteiger partial charge on any atom is 0.0904 e. The van der Waals surface area contributed by atoms with Gasteiger partial charge in [0.25, 0.3) is 0 Å². The smallest absolute Gasteiger partial charge is 0.0904 e. The van der Waals surface area contributed by atoms with Crippen molar-refractivity contribution in [3.8, 4) is 6.07 Å². The van der Waals surface area contributed by atoms with E-state index in [2.05, 4.69) is 6.07 Å². The number of hydrogen-bond donors (Lipinski definition) is 1. The summed E-state index contributed by atoms with van der Waals surface area (Å²) < 4.78 is 10.4. The molecule has 0 aliphatic heterocycles. The largest absolute Gasteiger partial charge is 0.252 e. The molecule has 0 radical (unpaired) electrons. The Kier molecular flexibility index (Phi) is 1.56. The molecule has 1 rings (SSSR count). The molecule has 3 nitrogen and oxygen atoms in total. The van der Waals surface area contributed by atoms with E-state index in [1.165, 1.54) is 0 Å². The van der Waals surface area contributed by atoms with Crippen LogP contribution in [0, 0.1) is 16.7 Å². The second-order valence-electron chi connectivity index (χ2n) is 2.42. The van der Waals surface area contributed by atoms with Gasteiger partial charge in [-0.05, 0) is 12.8 Å². The minimum atomic E-state index is -1.29. The van der Waals surface area contributed by atoms with Gasteiger partial charge in [-0.25, -0.2) is 4.21 Å². The first-order valence-electron chi connectivity index (χ1n) is 2.73. The van der Waals surface area contributed by atoms with Crippen molar-refractivity contribution in [1.82, 2.24) is 0 Å². The van der Waals surface area contributed by atoms with E-state index in [0.717, 1.165) is 12.8 Å². The fraction of sp³-hybridized carbons (Fsp3) is 0.800. The molecule has 0 aromatic heterocycles. The molecule has 0 spiro atoms. The van der Waals surface area contributed by atoms with Gasteiger partial charge in [0.1, 0.15) is 0 Å². The van der Waals surface area contributed by atoms with Crippen LogP contribution < -0.4 is 5.14 Å². The summed E-state index contributed by atoms with van der Waals surface area (Å²) in [6.45, 7) is 0. The predicted molar refractivity (Wildman–Crippen MR) is 34.5 cm³/mol. The highest BCUT2D eigenvalue weighted by molar-refractivity contribution is 7.82. The number of nitrogens with zero attached hydrogens (tertiary/aromatic N) is 1. The van der Waals surface area contributed by atoms with Crippen molar-refractivity contribution < 1.29 is 4.21 Å². The van der Waals surface area contributed by atoms with Crippen molar-refractivity contribution in [3.05, 3.63) is 0 Å². The van der Waals surface area contributed by atoms with E-state index in [0.29, 0.717) is 5.75 Å². The SMILES string of the molecule is N#CC1(CS(N)=O)CC1. The summed E-state index contributed by atoms with van der Waals surface area (Å²) in [5.41, 5.74) is -0.306. The maximum absolute atomic E-state index is 10.4. The van der Waals surface area contributed by atoms with Crippen LogP contribution in [0.15, 0.2) is 0 Å². The van der Waals surface area contributed by atoms with Crippen LogP contribution in [-0.2, 0) is 11.0 Å². The predicted octanol–water partition coefficient (Wildman–Crippen LogP) is -0.0874. The Bertz CT molecular complexity index is 180. The van der Waals surface area contributed by atoms with Gasteiger partial charge in [-0.1, -0.05) is 0 Å². The molecule has 0 amide bonds. The van der Waals surface area contributed by atoms with Crippen molar-refractivity contribution in [2.24, 2.45) is 10.6 Å². The molecule has 1 aliphatic rings. The molecule has 1 fully saturated rings. The molecule has 1 atom stereocenters. The average Bonchev–Trinajstić information content (AvgIpc) is 2.48. The summed E-state index contributed by atoms with van der Waals surface area (Å²) >= 11 is 0. The summed E-state index contributed by atoms with van der Waals surface area (Å²) in [6.07, 6.45) is 1.74. The third kappa shape index (κ3) is 1.50. The molecule has 0 heterocycles. The van der Waals surface area contributed by atoms with Gasteiger partial charge in [-0.2, -0.15) is 5.26 Å². The monoisotopic (exact) mass is 144 g/mol. The lowest BCUT2D eigenvalue weighted by molar-refractivity contribution is 0.669. The van der Waals surface area contributed by atoms with Gasteiger partial charge in [-0.15, -0.1) is 0 Å². The van der Waals surface area contributed by atoms with Gasteiger partial charge >= 0.3 is 0 Å². The molecule has 0 aromatic carbocycles. The first kappa shape index (κ1) is 6.72. The topological polar surface area (TPSA) is 66.9 Å². The van der Waals surface area contributed by atoms with E-state index < -0.39 is 11.0 Å². The summed E-state index contributed by atoms with van der Waals surface area (Å²) in [7, 11) is -1.29. The molecule has 2 N–H and O–H groups in total. The van der Waals surface area contributed by atoms with Crippen molar-refractivity contribution in [2.45, 2.75) is 12.8 Å². The highest BCUT2D eigenvalue weighted by Gasteiger charge is 2.44. The lowest BCUT2D eigenvalue weighted by Gasteiger charge is -1.98. The van der Waals surface area contributed by atoms with Crippen molar-refractivity contribution in [1.29, 1.82) is 5.26 Å². The first-order chi connectivity index (χ1) is 4.18. The molecule has 0 bridgehead atoms. The van der Waals surface area contributed by atoms with Gasteiger partial charge in [-0.3, -0.25) is 5.14 Å². The number of nitriles is 1. The van der Waals surface area contributed by atoms with Crippen LogP contribution in [0.2, 0.25) is 0 Å². The van der Waals surface area contributed by atoms with Gasteiger partial charge in [0, 0.05) is 0 Å². The van der Waals surface area contributed by atoms with E-state index in [4.69, 9.17) is 10.4 Å². The molecule has 50 valence electrons. The number of hydrogen-bond acceptors (Lipinski definition) is 2. The first-order valence-corrected chi connectivity index (χ1v) is 4.11. The van der Waals surface area contributed by atoms with Crippen LogP contribution in [0.25, 0.3) is 0 Å². The van der Waals surface area contributed by atoms with Gasteiger partial charge in [0.2, 0.25) is 0 Å². The molecule has 9 heavy (non-hydrogen) atoms. The van der Waals surface area contributed by atoms with E-state index in [1.54, 1.807) is 0 Å². The van der Waals surface area contributed by atoms with E-state index in [-0.39, 0.29) is 5.41 Å². The number of rotatable bonds is 2. The highest BCUT2D eigenvalue weighted by atomic mass is 32.2. The van der Waals surface area contributed by atoms with Crippen LogP contribution in [0.1, 0.15) is 12.8 Å². The summed E-state index contributed by atoms with van der Waals surface area (Å²) in [4.78, 5) is 0. The normalized spacial score (nSPS) is 24.4. The lowest BCUT2D eigenvalue weighted by atomic mass is 10.2. The molecule has 1 aliphatic carbocycles. The Balaban J connectivity index is 2.45. The zero-order valence-corrected chi connectivity index (χ0v) is 5.78. The number of nitrogens with two attached hydrogens (primary N) is 1. The minimum Gasteiger partial charge on any atom is -0.252 e. The zero-order valence-electron chi connectivity index (χ0n) is 4.96. The summed E-state index contributed by atoms with van der Waals surface area (Å²) in [5.74, 6) is 0.351. The van der Waals surface area contributed by atoms with E-state index in [1.807, 2.05) is 0 Å². The van der Waals surface area contributed by atoms with Gasteiger partial charge in [0.15, 0.2) is 0 Å². The van der Waals surface area contributed by atoms with E-state index in [9.17, 15) is 4.21 Å². The maximum atomic E-state index is 10.4. The lowest BCUT2D eigenvalue weighted by Crippen LogP contribution is -2.15. The molecule has 0 aromatic rings. The molecule has 1 saturated carbocycles. The summed E-state index contributed by atoms with van der Waals surface area (Å²) in [6, 6.07) is 2.11. The van der Waals surface area contributed by atoms with Gasteiger partial charge in [0.05, 0.1) is 28.2 Å². The Morgan fingerprint density at radius 1 is 1.78 bits per heavy atom. The zero-order chi connectivity index (χ0) is 6.91. The van der Waals surface area contributed by atoms with Crippen molar-refractivity contribution in [3.63, 3.8) is 0 Å². The Morgan fingerprint density at radius 3 is 2.44 bits per heavy atom. The van der Waals surface area contributed by atoms with Crippen LogP contribution in [0.4, 0.5) is 0 Å². The minimum absolute atomic E-state index is 0.306. The van der Waals surface area contributed by atoms with Crippen LogP contribution in [0.3, 0.4) is 0 Å². The van der Waals surface area contributed by atoms with Gasteiger partial charge < -0.3 is 0 Å². The fourth-order valence-corrected chi connectivity index (χ4v) is 1.61. The molecule has 0 saturated heterocycles. The molecular formula is C5H8N2OS. The Morgan fingerprint density at radius 2 is 2.33 bits per heavy atom. The van der Waals surface area contributed by atoms with Crippen LogP contribution >= 0.6 is 0 Å². The quantitative estimate of drug-likeness (QED) is 0.588. The molecule has 1 unspecified atom stereocenters. The second kappa shape index (κ2) is 2.09. The average molecular weight is 144 g/mol. The molecular weight excluding hydrogens is 136 g/mol. The standard InChI is InChI=1S/C5H8N2OS/c6-3-5(1-2-5)4-9(7)8/h1-2,4,7H2. The molecule has 4 heteroatoms.